The first kappa shape index (κ1) is 13.8. The summed E-state index contributed by atoms with van der Waals surface area (Å²) in [5, 5.41) is 3.68. The van der Waals surface area contributed by atoms with E-state index in [4.69, 9.17) is 23.2 Å². The highest BCUT2D eigenvalue weighted by molar-refractivity contribution is 6.36. The molecule has 0 bridgehead atoms. The van der Waals surface area contributed by atoms with Crippen molar-refractivity contribution >= 4 is 34.9 Å². The van der Waals surface area contributed by atoms with E-state index >= 15 is 0 Å². The molecule has 3 nitrogen and oxygen atoms in total. The number of pyridine rings is 1. The second-order valence-electron chi connectivity index (χ2n) is 4.15. The highest BCUT2D eigenvalue weighted by atomic mass is 35.5. The minimum Gasteiger partial charge on any atom is -0.310 e. The number of hydrogen-bond acceptors (Lipinski definition) is 2. The predicted molar refractivity (Wildman–Crippen MR) is 77.8 cm³/mol. The Morgan fingerprint density at radius 2 is 1.89 bits per heavy atom. The minimum absolute atomic E-state index is 0.119. The van der Waals surface area contributed by atoms with Crippen LogP contribution in [0.3, 0.4) is 0 Å². The highest BCUT2D eigenvalue weighted by Crippen LogP contribution is 2.24. The van der Waals surface area contributed by atoms with E-state index in [0.29, 0.717) is 21.4 Å². The first-order valence-corrected chi connectivity index (χ1v) is 6.47. The first-order chi connectivity index (χ1) is 9.06. The first-order valence-electron chi connectivity index (χ1n) is 5.71. The Bertz CT molecular complexity index is 577. The van der Waals surface area contributed by atoms with Gasteiger partial charge in [-0.3, -0.25) is 4.79 Å². The number of amides is 1. The molecule has 1 amide bonds. The van der Waals surface area contributed by atoms with Crippen LogP contribution >= 0.6 is 23.2 Å². The van der Waals surface area contributed by atoms with Gasteiger partial charge < -0.3 is 5.32 Å². The summed E-state index contributed by atoms with van der Waals surface area (Å²) in [6.07, 6.45) is 1.81. The standard InChI is InChI=1S/C14H12Cl2N2O/c1-9-5-6-13(17-8-9)18-14(19)7-10-11(15)3-2-4-12(10)16/h2-6,8H,7H2,1H3,(H,17,18,19). The number of hydrogen-bond donors (Lipinski definition) is 1. The normalized spacial score (nSPS) is 10.3. The fourth-order valence-corrected chi connectivity index (χ4v) is 2.12. The lowest BCUT2D eigenvalue weighted by molar-refractivity contribution is -0.115. The van der Waals surface area contributed by atoms with Crippen LogP contribution < -0.4 is 5.32 Å². The van der Waals surface area contributed by atoms with Crippen LogP contribution in [0.1, 0.15) is 11.1 Å². The van der Waals surface area contributed by atoms with Crippen molar-refractivity contribution in [2.24, 2.45) is 0 Å². The van der Waals surface area contributed by atoms with Gasteiger partial charge in [0.15, 0.2) is 0 Å². The molecule has 2 rings (SSSR count). The van der Waals surface area contributed by atoms with Crippen LogP contribution in [0, 0.1) is 6.92 Å². The summed E-state index contributed by atoms with van der Waals surface area (Å²) in [7, 11) is 0. The number of carbonyl (C=O) groups is 1. The van der Waals surface area contributed by atoms with E-state index in [0.717, 1.165) is 5.56 Å². The van der Waals surface area contributed by atoms with Crippen LogP contribution in [0.5, 0.6) is 0 Å². The van der Waals surface area contributed by atoms with E-state index in [1.54, 1.807) is 30.5 Å². The Balaban J connectivity index is 2.07. The number of benzene rings is 1. The fraction of sp³-hybridized carbons (Fsp3) is 0.143. The van der Waals surface area contributed by atoms with E-state index in [1.807, 2.05) is 13.0 Å². The molecule has 0 fully saturated rings. The van der Waals surface area contributed by atoms with Gasteiger partial charge in [-0.05, 0) is 36.2 Å². The van der Waals surface area contributed by atoms with Crippen molar-refractivity contribution in [3.05, 3.63) is 57.7 Å². The van der Waals surface area contributed by atoms with E-state index < -0.39 is 0 Å². The Morgan fingerprint density at radius 3 is 2.47 bits per heavy atom. The lowest BCUT2D eigenvalue weighted by Gasteiger charge is -2.07. The van der Waals surface area contributed by atoms with Crippen molar-refractivity contribution in [1.82, 2.24) is 4.98 Å². The third-order valence-corrected chi connectivity index (χ3v) is 3.29. The molecule has 0 unspecified atom stereocenters. The minimum atomic E-state index is -0.202. The van der Waals surface area contributed by atoms with Gasteiger partial charge in [-0.1, -0.05) is 35.3 Å². The summed E-state index contributed by atoms with van der Waals surface area (Å²) in [6, 6.07) is 8.79. The monoisotopic (exact) mass is 294 g/mol. The van der Waals surface area contributed by atoms with E-state index in [-0.39, 0.29) is 12.3 Å². The highest BCUT2D eigenvalue weighted by Gasteiger charge is 2.11. The van der Waals surface area contributed by atoms with Gasteiger partial charge in [0.2, 0.25) is 5.91 Å². The van der Waals surface area contributed by atoms with E-state index in [2.05, 4.69) is 10.3 Å². The maximum Gasteiger partial charge on any atom is 0.230 e. The molecule has 0 aliphatic rings. The van der Waals surface area contributed by atoms with Gasteiger partial charge in [0, 0.05) is 16.2 Å². The van der Waals surface area contributed by atoms with Crippen molar-refractivity contribution in [2.75, 3.05) is 5.32 Å². The van der Waals surface area contributed by atoms with Crippen molar-refractivity contribution in [3.63, 3.8) is 0 Å². The smallest absolute Gasteiger partial charge is 0.230 e. The quantitative estimate of drug-likeness (QED) is 0.933. The predicted octanol–water partition coefficient (Wildman–Crippen LogP) is 3.88. The van der Waals surface area contributed by atoms with Gasteiger partial charge in [0.1, 0.15) is 5.82 Å². The van der Waals surface area contributed by atoms with Gasteiger partial charge >= 0.3 is 0 Å². The van der Waals surface area contributed by atoms with Crippen LogP contribution in [0.15, 0.2) is 36.5 Å². The molecular weight excluding hydrogens is 283 g/mol. The number of carbonyl (C=O) groups excluding carboxylic acids is 1. The molecule has 0 radical (unpaired) electrons. The average molecular weight is 295 g/mol. The number of aryl methyl sites for hydroxylation is 1. The number of anilines is 1. The molecule has 0 spiro atoms. The zero-order valence-corrected chi connectivity index (χ0v) is 11.8. The molecule has 0 atom stereocenters. The molecule has 19 heavy (non-hydrogen) atoms. The molecule has 0 saturated heterocycles. The molecule has 1 aromatic heterocycles. The van der Waals surface area contributed by atoms with Crippen LogP contribution in [0.25, 0.3) is 0 Å². The molecule has 1 heterocycles. The average Bonchev–Trinajstić information content (AvgIpc) is 2.37. The van der Waals surface area contributed by atoms with Gasteiger partial charge in [0.25, 0.3) is 0 Å². The number of aromatic nitrogens is 1. The van der Waals surface area contributed by atoms with Crippen LogP contribution in [0.4, 0.5) is 5.82 Å². The van der Waals surface area contributed by atoms with E-state index in [1.165, 1.54) is 0 Å². The summed E-state index contributed by atoms with van der Waals surface area (Å²) in [6.45, 7) is 1.93. The summed E-state index contributed by atoms with van der Waals surface area (Å²) >= 11 is 12.0. The molecule has 2 aromatic rings. The Hall–Kier alpha value is -1.58. The maximum absolute atomic E-state index is 11.9. The van der Waals surface area contributed by atoms with Gasteiger partial charge in [-0.15, -0.1) is 0 Å². The summed E-state index contributed by atoms with van der Waals surface area (Å²) < 4.78 is 0. The second-order valence-corrected chi connectivity index (χ2v) is 4.96. The van der Waals surface area contributed by atoms with Gasteiger partial charge in [0.05, 0.1) is 6.42 Å². The van der Waals surface area contributed by atoms with Crippen LogP contribution in [0.2, 0.25) is 10.0 Å². The summed E-state index contributed by atoms with van der Waals surface area (Å²) in [4.78, 5) is 16.0. The number of halogens is 2. The Labute approximate surface area is 121 Å². The molecule has 0 aliphatic heterocycles. The lowest BCUT2D eigenvalue weighted by atomic mass is 10.1. The summed E-state index contributed by atoms with van der Waals surface area (Å²) in [5.74, 6) is 0.310. The van der Waals surface area contributed by atoms with Crippen molar-refractivity contribution in [2.45, 2.75) is 13.3 Å². The molecule has 5 heteroatoms. The molecule has 98 valence electrons. The van der Waals surface area contributed by atoms with Gasteiger partial charge in [-0.2, -0.15) is 0 Å². The zero-order chi connectivity index (χ0) is 13.8. The van der Waals surface area contributed by atoms with Crippen molar-refractivity contribution in [1.29, 1.82) is 0 Å². The van der Waals surface area contributed by atoms with Crippen LogP contribution in [-0.4, -0.2) is 10.9 Å². The fourth-order valence-electron chi connectivity index (χ4n) is 1.59. The molecule has 0 aliphatic carbocycles. The van der Waals surface area contributed by atoms with E-state index in [9.17, 15) is 4.79 Å². The summed E-state index contributed by atoms with van der Waals surface area (Å²) in [5.41, 5.74) is 1.66. The van der Waals surface area contributed by atoms with Crippen LogP contribution in [-0.2, 0) is 11.2 Å². The Kier molecular flexibility index (Phi) is 4.40. The SMILES string of the molecule is Cc1ccc(NC(=O)Cc2c(Cl)cccc2Cl)nc1. The van der Waals surface area contributed by atoms with Crippen molar-refractivity contribution < 1.29 is 4.79 Å². The number of nitrogens with zero attached hydrogens (tertiary/aromatic N) is 1. The lowest BCUT2D eigenvalue weighted by Crippen LogP contribution is -2.15. The molecule has 1 N–H and O–H groups in total. The second kappa shape index (κ2) is 6.04. The van der Waals surface area contributed by atoms with Crippen molar-refractivity contribution in [3.8, 4) is 0 Å². The largest absolute Gasteiger partial charge is 0.310 e. The number of nitrogens with one attached hydrogen (secondary N) is 1. The molecule has 0 saturated carbocycles. The Morgan fingerprint density at radius 1 is 1.21 bits per heavy atom. The number of rotatable bonds is 3. The topological polar surface area (TPSA) is 42.0 Å². The zero-order valence-electron chi connectivity index (χ0n) is 10.3. The van der Waals surface area contributed by atoms with Gasteiger partial charge in [-0.25, -0.2) is 4.98 Å². The maximum atomic E-state index is 11.9. The molecule has 1 aromatic carbocycles. The third-order valence-electron chi connectivity index (χ3n) is 2.58. The molecular formula is C14H12Cl2N2O. The third kappa shape index (κ3) is 3.69.